The Morgan fingerprint density at radius 3 is 2.52 bits per heavy atom. The second-order valence-corrected chi connectivity index (χ2v) is 5.71. The Morgan fingerprint density at radius 2 is 1.95 bits per heavy atom. The van der Waals surface area contributed by atoms with Crippen LogP contribution in [0.25, 0.3) is 0 Å². The van der Waals surface area contributed by atoms with Gasteiger partial charge in [-0.3, -0.25) is 4.90 Å². The average Bonchev–Trinajstić information content (AvgIpc) is 2.45. The van der Waals surface area contributed by atoms with Crippen LogP contribution in [0.2, 0.25) is 0 Å². The normalized spacial score (nSPS) is 16.4. The maximum absolute atomic E-state index is 11.3. The fraction of sp³-hybridized carbons (Fsp3) is 0.533. The van der Waals surface area contributed by atoms with E-state index in [1.165, 1.54) is 0 Å². The third-order valence-electron chi connectivity index (χ3n) is 3.83. The van der Waals surface area contributed by atoms with Gasteiger partial charge >= 0.3 is 5.97 Å². The summed E-state index contributed by atoms with van der Waals surface area (Å²) >= 11 is 0. The van der Waals surface area contributed by atoms with Crippen molar-refractivity contribution in [2.75, 3.05) is 64.0 Å². The molecule has 3 N–H and O–H groups in total. The van der Waals surface area contributed by atoms with E-state index in [4.69, 9.17) is 5.73 Å². The lowest BCUT2D eigenvalue weighted by Gasteiger charge is -2.37. The van der Waals surface area contributed by atoms with Gasteiger partial charge in [0.2, 0.25) is 0 Å². The smallest absolute Gasteiger partial charge is 0.337 e. The predicted octanol–water partition coefficient (Wildman–Crippen LogP) is 0.651. The van der Waals surface area contributed by atoms with Gasteiger partial charge in [-0.2, -0.15) is 0 Å². The standard InChI is InChI=1S/C15H24N4O2/c1-17(2)5-6-18-7-9-19(10-8-18)14-11-12(16)3-4-13(14)15(20)21/h3-4,11H,5-10,16H2,1-2H3,(H,20,21). The van der Waals surface area contributed by atoms with E-state index in [-0.39, 0.29) is 0 Å². The van der Waals surface area contributed by atoms with Crippen molar-refractivity contribution < 1.29 is 9.90 Å². The summed E-state index contributed by atoms with van der Waals surface area (Å²) in [6.07, 6.45) is 0. The Morgan fingerprint density at radius 1 is 1.29 bits per heavy atom. The summed E-state index contributed by atoms with van der Waals surface area (Å²) in [5.41, 5.74) is 7.47. The highest BCUT2D eigenvalue weighted by Crippen LogP contribution is 2.24. The third-order valence-corrected chi connectivity index (χ3v) is 3.83. The number of benzene rings is 1. The number of rotatable bonds is 5. The Kier molecular flexibility index (Phi) is 5.03. The van der Waals surface area contributed by atoms with E-state index in [2.05, 4.69) is 28.8 Å². The number of nitrogens with two attached hydrogens (primary N) is 1. The van der Waals surface area contributed by atoms with Gasteiger partial charge in [0.25, 0.3) is 0 Å². The quantitative estimate of drug-likeness (QED) is 0.776. The zero-order valence-corrected chi connectivity index (χ0v) is 12.7. The third kappa shape index (κ3) is 4.09. The predicted molar refractivity (Wildman–Crippen MR) is 85.0 cm³/mol. The molecule has 0 saturated carbocycles. The maximum Gasteiger partial charge on any atom is 0.337 e. The van der Waals surface area contributed by atoms with Crippen molar-refractivity contribution in [1.82, 2.24) is 9.80 Å². The number of carbonyl (C=O) groups is 1. The van der Waals surface area contributed by atoms with E-state index < -0.39 is 5.97 Å². The van der Waals surface area contributed by atoms with Crippen LogP contribution in [-0.2, 0) is 0 Å². The molecule has 0 amide bonds. The van der Waals surface area contributed by atoms with Crippen molar-refractivity contribution in [2.45, 2.75) is 0 Å². The van der Waals surface area contributed by atoms with Crippen molar-refractivity contribution in [2.24, 2.45) is 0 Å². The van der Waals surface area contributed by atoms with Crippen LogP contribution < -0.4 is 10.6 Å². The summed E-state index contributed by atoms with van der Waals surface area (Å²) in [6.45, 7) is 5.64. The van der Waals surface area contributed by atoms with Crippen molar-refractivity contribution in [1.29, 1.82) is 0 Å². The molecule has 21 heavy (non-hydrogen) atoms. The molecule has 1 heterocycles. The number of nitrogens with zero attached hydrogens (tertiary/aromatic N) is 3. The van der Waals surface area contributed by atoms with E-state index >= 15 is 0 Å². The molecule has 1 aromatic carbocycles. The van der Waals surface area contributed by atoms with Crippen molar-refractivity contribution >= 4 is 17.3 Å². The van der Waals surface area contributed by atoms with Crippen molar-refractivity contribution in [3.63, 3.8) is 0 Å². The van der Waals surface area contributed by atoms with Crippen molar-refractivity contribution in [3.8, 4) is 0 Å². The van der Waals surface area contributed by atoms with Gasteiger partial charge in [-0.05, 0) is 32.3 Å². The zero-order chi connectivity index (χ0) is 15.4. The average molecular weight is 292 g/mol. The maximum atomic E-state index is 11.3. The minimum Gasteiger partial charge on any atom is -0.478 e. The molecule has 0 aliphatic carbocycles. The summed E-state index contributed by atoms with van der Waals surface area (Å²) in [5.74, 6) is -0.903. The zero-order valence-electron chi connectivity index (χ0n) is 12.7. The lowest BCUT2D eigenvalue weighted by Crippen LogP contribution is -2.48. The monoisotopic (exact) mass is 292 g/mol. The number of carboxylic acids is 1. The van der Waals surface area contributed by atoms with Gasteiger partial charge in [0, 0.05) is 45.0 Å². The summed E-state index contributed by atoms with van der Waals surface area (Å²) < 4.78 is 0. The number of likely N-dealkylation sites (N-methyl/N-ethyl adjacent to an activating group) is 1. The fourth-order valence-corrected chi connectivity index (χ4v) is 2.54. The summed E-state index contributed by atoms with van der Waals surface area (Å²) in [5, 5.41) is 9.30. The van der Waals surface area contributed by atoms with Gasteiger partial charge in [-0.1, -0.05) is 0 Å². The second kappa shape index (κ2) is 6.78. The van der Waals surface area contributed by atoms with Gasteiger partial charge < -0.3 is 20.6 Å². The highest BCUT2D eigenvalue weighted by Gasteiger charge is 2.21. The first kappa shape index (κ1) is 15.6. The number of hydrogen-bond donors (Lipinski definition) is 2. The molecule has 2 rings (SSSR count). The van der Waals surface area contributed by atoms with Gasteiger partial charge in [-0.25, -0.2) is 4.79 Å². The summed E-state index contributed by atoms with van der Waals surface area (Å²) in [4.78, 5) is 18.0. The van der Waals surface area contributed by atoms with Crippen LogP contribution >= 0.6 is 0 Å². The minimum absolute atomic E-state index is 0.325. The minimum atomic E-state index is -0.903. The van der Waals surface area contributed by atoms with Crippen molar-refractivity contribution in [3.05, 3.63) is 23.8 Å². The molecule has 1 aliphatic rings. The molecule has 1 fully saturated rings. The first-order valence-electron chi connectivity index (χ1n) is 7.22. The summed E-state index contributed by atoms with van der Waals surface area (Å²) in [6, 6.07) is 4.99. The van der Waals surface area contributed by atoms with Gasteiger partial charge in [0.05, 0.1) is 11.3 Å². The second-order valence-electron chi connectivity index (χ2n) is 5.71. The molecule has 0 spiro atoms. The number of nitrogen functional groups attached to an aromatic ring is 1. The van der Waals surface area contributed by atoms with Crippen LogP contribution in [-0.4, -0.2) is 74.2 Å². The van der Waals surface area contributed by atoms with Gasteiger partial charge in [0.1, 0.15) is 0 Å². The van der Waals surface area contributed by atoms with Crippen LogP contribution in [0.3, 0.4) is 0 Å². The Labute approximate surface area is 125 Å². The molecule has 0 aromatic heterocycles. The molecule has 1 aromatic rings. The number of hydrogen-bond acceptors (Lipinski definition) is 5. The lowest BCUT2D eigenvalue weighted by molar-refractivity contribution is 0.0697. The molecule has 0 unspecified atom stereocenters. The molecule has 0 atom stereocenters. The highest BCUT2D eigenvalue weighted by atomic mass is 16.4. The van der Waals surface area contributed by atoms with E-state index in [1.807, 2.05) is 0 Å². The Balaban J connectivity index is 2.02. The largest absolute Gasteiger partial charge is 0.478 e. The number of piperazine rings is 1. The SMILES string of the molecule is CN(C)CCN1CCN(c2cc(N)ccc2C(=O)O)CC1. The fourth-order valence-electron chi connectivity index (χ4n) is 2.54. The van der Waals surface area contributed by atoms with Gasteiger partial charge in [-0.15, -0.1) is 0 Å². The first-order chi connectivity index (χ1) is 9.97. The first-order valence-corrected chi connectivity index (χ1v) is 7.22. The number of anilines is 2. The van der Waals surface area contributed by atoms with E-state index in [1.54, 1.807) is 18.2 Å². The molecule has 116 valence electrons. The van der Waals surface area contributed by atoms with Crippen LogP contribution in [0, 0.1) is 0 Å². The molecular formula is C15H24N4O2. The Hall–Kier alpha value is -1.79. The molecule has 6 nitrogen and oxygen atoms in total. The highest BCUT2D eigenvalue weighted by molar-refractivity contribution is 5.95. The molecule has 0 bridgehead atoms. The van der Waals surface area contributed by atoms with Gasteiger partial charge in [0.15, 0.2) is 0 Å². The van der Waals surface area contributed by atoms with E-state index in [0.717, 1.165) is 45.0 Å². The van der Waals surface area contributed by atoms with Crippen LogP contribution in [0.15, 0.2) is 18.2 Å². The molecule has 1 aliphatic heterocycles. The number of aromatic carboxylic acids is 1. The molecule has 1 saturated heterocycles. The molecular weight excluding hydrogens is 268 g/mol. The molecule has 0 radical (unpaired) electrons. The summed E-state index contributed by atoms with van der Waals surface area (Å²) in [7, 11) is 4.14. The Bertz CT molecular complexity index is 496. The lowest BCUT2D eigenvalue weighted by atomic mass is 10.1. The van der Waals surface area contributed by atoms with E-state index in [0.29, 0.717) is 11.3 Å². The molecule has 6 heteroatoms. The topological polar surface area (TPSA) is 73.0 Å². The van der Waals surface area contributed by atoms with E-state index in [9.17, 15) is 9.90 Å². The van der Waals surface area contributed by atoms with Crippen LogP contribution in [0.4, 0.5) is 11.4 Å². The van der Waals surface area contributed by atoms with Crippen LogP contribution in [0.5, 0.6) is 0 Å². The van der Waals surface area contributed by atoms with Crippen LogP contribution in [0.1, 0.15) is 10.4 Å². The number of carboxylic acid groups (broad SMARTS) is 1.